The van der Waals surface area contributed by atoms with E-state index >= 15 is 0 Å². The van der Waals surface area contributed by atoms with Crippen LogP contribution in [0.15, 0.2) is 39.0 Å². The van der Waals surface area contributed by atoms with E-state index in [4.69, 9.17) is 5.73 Å². The highest BCUT2D eigenvalue weighted by Crippen LogP contribution is 2.22. The van der Waals surface area contributed by atoms with E-state index < -0.39 is 11.2 Å². The number of aromatic amines is 1. The summed E-state index contributed by atoms with van der Waals surface area (Å²) in [5, 5.41) is 0.715. The number of pyridine rings is 1. The molecule has 2 rings (SSSR count). The molecule has 9 heteroatoms. The lowest BCUT2D eigenvalue weighted by Gasteiger charge is -2.26. The summed E-state index contributed by atoms with van der Waals surface area (Å²) >= 11 is 1.28. The maximum Gasteiger partial charge on any atom is 0.330 e. The smallest absolute Gasteiger partial charge is 0.330 e. The van der Waals surface area contributed by atoms with Crippen LogP contribution in [0.5, 0.6) is 0 Å². The minimum Gasteiger partial charge on any atom is -0.383 e. The Balaban J connectivity index is 2.40. The van der Waals surface area contributed by atoms with Crippen molar-refractivity contribution >= 4 is 29.2 Å². The van der Waals surface area contributed by atoms with Crippen LogP contribution in [0.2, 0.25) is 0 Å². The molecule has 152 valence electrons. The molecule has 28 heavy (non-hydrogen) atoms. The second-order valence-corrected chi connectivity index (χ2v) is 8.35. The van der Waals surface area contributed by atoms with Gasteiger partial charge in [0.2, 0.25) is 5.91 Å². The van der Waals surface area contributed by atoms with Crippen LogP contribution in [0, 0.1) is 11.8 Å². The Labute approximate surface area is 168 Å². The molecule has 1 amide bonds. The molecule has 2 aromatic heterocycles. The molecule has 0 aliphatic carbocycles. The number of nitrogens with zero attached hydrogens (tertiary/aromatic N) is 3. The second-order valence-electron chi connectivity index (χ2n) is 7.35. The summed E-state index contributed by atoms with van der Waals surface area (Å²) in [7, 11) is 0. The van der Waals surface area contributed by atoms with Crippen molar-refractivity contribution in [3.63, 3.8) is 0 Å². The normalized spacial score (nSPS) is 11.2. The summed E-state index contributed by atoms with van der Waals surface area (Å²) in [5.41, 5.74) is 4.99. The highest BCUT2D eigenvalue weighted by atomic mass is 32.2. The average molecular weight is 406 g/mol. The number of carbonyl (C=O) groups is 1. The quantitative estimate of drug-likeness (QED) is 0.649. The Bertz CT molecular complexity index is 921. The summed E-state index contributed by atoms with van der Waals surface area (Å²) in [6, 6.07) is 5.46. The zero-order chi connectivity index (χ0) is 20.8. The first-order valence-electron chi connectivity index (χ1n) is 9.17. The fourth-order valence-electron chi connectivity index (χ4n) is 2.71. The van der Waals surface area contributed by atoms with Gasteiger partial charge in [-0.1, -0.05) is 45.5 Å². The van der Waals surface area contributed by atoms with Gasteiger partial charge in [0.15, 0.2) is 5.69 Å². The third-order valence-electron chi connectivity index (χ3n) is 3.86. The molecule has 0 radical (unpaired) electrons. The van der Waals surface area contributed by atoms with Crippen LogP contribution < -0.4 is 21.9 Å². The third kappa shape index (κ3) is 5.48. The van der Waals surface area contributed by atoms with Gasteiger partial charge in [-0.15, -0.1) is 0 Å². The number of nitrogens with one attached hydrogen (secondary N) is 1. The Hall–Kier alpha value is -2.55. The van der Waals surface area contributed by atoms with Gasteiger partial charge in [-0.3, -0.25) is 19.1 Å². The molecule has 0 fully saturated rings. The standard InChI is InChI=1S/C19H27N5O3S/c1-12(2)9-23(15(25)11-28-14-7-5-6-8-21-14)16-17(20)24(10-13(3)4)19(27)22-18(16)26/h5-8,12-13H,9-11,20H2,1-4H3,(H,22,26,27). The zero-order valence-electron chi connectivity index (χ0n) is 16.6. The van der Waals surface area contributed by atoms with E-state index in [-0.39, 0.29) is 35.0 Å². The zero-order valence-corrected chi connectivity index (χ0v) is 17.5. The van der Waals surface area contributed by atoms with Gasteiger partial charge in [-0.25, -0.2) is 9.78 Å². The molecule has 2 heterocycles. The molecule has 0 bridgehead atoms. The average Bonchev–Trinajstić information content (AvgIpc) is 2.62. The van der Waals surface area contributed by atoms with E-state index in [1.54, 1.807) is 12.3 Å². The molecule has 8 nitrogen and oxygen atoms in total. The van der Waals surface area contributed by atoms with Crippen LogP contribution in [0.4, 0.5) is 11.5 Å². The highest BCUT2D eigenvalue weighted by molar-refractivity contribution is 7.99. The van der Waals surface area contributed by atoms with Gasteiger partial charge >= 0.3 is 5.69 Å². The maximum atomic E-state index is 13.0. The number of aromatic nitrogens is 3. The van der Waals surface area contributed by atoms with Gasteiger partial charge in [-0.2, -0.15) is 0 Å². The van der Waals surface area contributed by atoms with E-state index in [0.717, 1.165) is 0 Å². The summed E-state index contributed by atoms with van der Waals surface area (Å²) in [6.07, 6.45) is 1.66. The SMILES string of the molecule is CC(C)CN(C(=O)CSc1ccccn1)c1c(N)n(CC(C)C)c(=O)[nH]c1=O. The highest BCUT2D eigenvalue weighted by Gasteiger charge is 2.25. The fourth-order valence-corrected chi connectivity index (χ4v) is 3.45. The van der Waals surface area contributed by atoms with E-state index in [2.05, 4.69) is 9.97 Å². The van der Waals surface area contributed by atoms with Gasteiger partial charge < -0.3 is 10.6 Å². The van der Waals surface area contributed by atoms with Crippen LogP contribution in [0.25, 0.3) is 0 Å². The molecule has 0 aliphatic heterocycles. The van der Waals surface area contributed by atoms with Gasteiger partial charge in [0.1, 0.15) is 5.82 Å². The molecule has 0 atom stereocenters. The van der Waals surface area contributed by atoms with Crippen LogP contribution in [-0.4, -0.2) is 32.7 Å². The van der Waals surface area contributed by atoms with Gasteiger partial charge in [0, 0.05) is 19.3 Å². The number of hydrogen-bond acceptors (Lipinski definition) is 6. The number of amides is 1. The minimum absolute atomic E-state index is 0.0132. The molecule has 0 spiro atoms. The third-order valence-corrected chi connectivity index (χ3v) is 4.79. The molecule has 0 saturated carbocycles. The number of nitrogens with two attached hydrogens (primary N) is 1. The first-order valence-corrected chi connectivity index (χ1v) is 10.2. The number of H-pyrrole nitrogens is 1. The van der Waals surface area contributed by atoms with Crippen molar-refractivity contribution in [2.45, 2.75) is 39.3 Å². The number of hydrogen-bond donors (Lipinski definition) is 2. The number of carbonyl (C=O) groups excluding carboxylic acids is 1. The predicted molar refractivity (Wildman–Crippen MR) is 113 cm³/mol. The molecule has 0 saturated heterocycles. The molecule has 0 aliphatic rings. The Morgan fingerprint density at radius 1 is 1.25 bits per heavy atom. The number of rotatable bonds is 8. The predicted octanol–water partition coefficient (Wildman–Crippen LogP) is 1.95. The van der Waals surface area contributed by atoms with Crippen LogP contribution in [0.3, 0.4) is 0 Å². The van der Waals surface area contributed by atoms with Crippen molar-refractivity contribution in [3.05, 3.63) is 45.2 Å². The van der Waals surface area contributed by atoms with Gasteiger partial charge in [-0.05, 0) is 24.0 Å². The number of anilines is 2. The lowest BCUT2D eigenvalue weighted by Crippen LogP contribution is -2.43. The molecular formula is C19H27N5O3S. The minimum atomic E-state index is -0.653. The topological polar surface area (TPSA) is 114 Å². The van der Waals surface area contributed by atoms with E-state index in [1.165, 1.54) is 21.2 Å². The summed E-state index contributed by atoms with van der Waals surface area (Å²) in [5.74, 6) is 0.0997. The monoisotopic (exact) mass is 405 g/mol. The van der Waals surface area contributed by atoms with Crippen LogP contribution in [-0.2, 0) is 11.3 Å². The molecular weight excluding hydrogens is 378 g/mol. The fraction of sp³-hybridized carbons (Fsp3) is 0.474. The molecule has 0 aromatic carbocycles. The van der Waals surface area contributed by atoms with Crippen molar-refractivity contribution in [1.82, 2.24) is 14.5 Å². The molecule has 3 N–H and O–H groups in total. The first kappa shape index (κ1) is 21.7. The second kappa shape index (κ2) is 9.59. The van der Waals surface area contributed by atoms with Crippen molar-refractivity contribution in [2.75, 3.05) is 22.9 Å². The largest absolute Gasteiger partial charge is 0.383 e. The summed E-state index contributed by atoms with van der Waals surface area (Å²) in [6.45, 7) is 8.44. The molecule has 2 aromatic rings. The number of thioether (sulfide) groups is 1. The van der Waals surface area contributed by atoms with E-state index in [0.29, 0.717) is 18.1 Å². The van der Waals surface area contributed by atoms with Crippen LogP contribution >= 0.6 is 11.8 Å². The van der Waals surface area contributed by atoms with Crippen molar-refractivity contribution < 1.29 is 4.79 Å². The van der Waals surface area contributed by atoms with E-state index in [1.807, 2.05) is 39.8 Å². The Kier molecular flexibility index (Phi) is 7.45. The van der Waals surface area contributed by atoms with Crippen molar-refractivity contribution in [1.29, 1.82) is 0 Å². The summed E-state index contributed by atoms with van der Waals surface area (Å²) < 4.78 is 1.31. The van der Waals surface area contributed by atoms with Crippen molar-refractivity contribution in [3.8, 4) is 0 Å². The van der Waals surface area contributed by atoms with E-state index in [9.17, 15) is 14.4 Å². The Morgan fingerprint density at radius 3 is 2.54 bits per heavy atom. The lowest BCUT2D eigenvalue weighted by molar-refractivity contribution is -0.116. The Morgan fingerprint density at radius 2 is 1.96 bits per heavy atom. The van der Waals surface area contributed by atoms with Gasteiger partial charge in [0.05, 0.1) is 10.8 Å². The van der Waals surface area contributed by atoms with Gasteiger partial charge in [0.25, 0.3) is 5.56 Å². The number of nitrogen functional groups attached to an aromatic ring is 1. The van der Waals surface area contributed by atoms with Crippen molar-refractivity contribution in [2.24, 2.45) is 11.8 Å². The first-order chi connectivity index (χ1) is 13.2. The maximum absolute atomic E-state index is 13.0. The van der Waals surface area contributed by atoms with Crippen LogP contribution in [0.1, 0.15) is 27.7 Å². The molecule has 0 unspecified atom stereocenters. The summed E-state index contributed by atoms with van der Waals surface area (Å²) in [4.78, 5) is 45.5. The lowest BCUT2D eigenvalue weighted by atomic mass is 10.2.